The maximum Gasteiger partial charge on any atom is 0.296 e. The average Bonchev–Trinajstić information content (AvgIpc) is 2.88. The van der Waals surface area contributed by atoms with Gasteiger partial charge in [-0.25, -0.2) is 18.7 Å². The van der Waals surface area contributed by atoms with Gasteiger partial charge in [-0.2, -0.15) is 5.26 Å². The Morgan fingerprint density at radius 3 is 2.19 bits per heavy atom. The van der Waals surface area contributed by atoms with E-state index in [0.717, 1.165) is 12.1 Å². The van der Waals surface area contributed by atoms with E-state index in [2.05, 4.69) is 15.3 Å². The van der Waals surface area contributed by atoms with Crippen LogP contribution >= 0.6 is 0 Å². The van der Waals surface area contributed by atoms with Crippen LogP contribution in [0.4, 0.5) is 14.5 Å². The van der Waals surface area contributed by atoms with E-state index in [0.29, 0.717) is 28.0 Å². The average molecular weight is 490 g/mol. The largest absolute Gasteiger partial charge is 0.493 e. The van der Waals surface area contributed by atoms with Crippen LogP contribution < -0.4 is 19.5 Å². The molecular weight excluding hydrogens is 474 g/mol. The topological polar surface area (TPSA) is 123 Å². The molecule has 0 spiro atoms. The van der Waals surface area contributed by atoms with Gasteiger partial charge in [-0.3, -0.25) is 9.59 Å². The quantitative estimate of drug-likeness (QED) is 0.299. The van der Waals surface area contributed by atoms with Crippen molar-refractivity contribution < 1.29 is 32.6 Å². The molecule has 0 atom stereocenters. The number of rotatable bonds is 7. The summed E-state index contributed by atoms with van der Waals surface area (Å²) in [5.41, 5.74) is -0.117. The molecule has 0 radical (unpaired) electrons. The molecule has 1 amide bonds. The van der Waals surface area contributed by atoms with Crippen molar-refractivity contribution in [2.24, 2.45) is 0 Å². The minimum Gasteiger partial charge on any atom is -0.493 e. The summed E-state index contributed by atoms with van der Waals surface area (Å²) in [7, 11) is 2.90. The molecule has 0 aliphatic rings. The summed E-state index contributed by atoms with van der Waals surface area (Å²) in [6.45, 7) is 0. The van der Waals surface area contributed by atoms with Crippen LogP contribution in [0.2, 0.25) is 0 Å². The number of amides is 1. The highest BCUT2D eigenvalue weighted by Gasteiger charge is 2.26. The van der Waals surface area contributed by atoms with E-state index in [4.69, 9.17) is 19.5 Å². The summed E-state index contributed by atoms with van der Waals surface area (Å²) >= 11 is 0. The van der Waals surface area contributed by atoms with Crippen molar-refractivity contribution in [3.05, 3.63) is 77.6 Å². The second-order valence-electron chi connectivity index (χ2n) is 7.24. The van der Waals surface area contributed by atoms with Gasteiger partial charge in [-0.1, -0.05) is 0 Å². The van der Waals surface area contributed by atoms with Crippen molar-refractivity contribution in [2.75, 3.05) is 19.5 Å². The summed E-state index contributed by atoms with van der Waals surface area (Å²) in [6, 6.07) is 12.1. The number of benzene rings is 3. The van der Waals surface area contributed by atoms with Crippen molar-refractivity contribution in [1.82, 2.24) is 9.97 Å². The van der Waals surface area contributed by atoms with Crippen LogP contribution in [0.3, 0.4) is 0 Å². The Hall–Kier alpha value is -5.11. The molecule has 3 aromatic carbocycles. The highest BCUT2D eigenvalue weighted by Crippen LogP contribution is 2.36. The second kappa shape index (κ2) is 10.0. The lowest BCUT2D eigenvalue weighted by Gasteiger charge is -2.12. The normalized spacial score (nSPS) is 10.4. The lowest BCUT2D eigenvalue weighted by atomic mass is 10.1. The predicted molar refractivity (Wildman–Crippen MR) is 123 cm³/mol. The van der Waals surface area contributed by atoms with Crippen molar-refractivity contribution in [3.63, 3.8) is 0 Å². The number of carbonyl (C=O) groups excluding carboxylic acids is 2. The molecule has 1 N–H and O–H groups in total. The number of hydrogen-bond donors (Lipinski definition) is 1. The van der Waals surface area contributed by atoms with Crippen LogP contribution in [0.25, 0.3) is 10.9 Å². The van der Waals surface area contributed by atoms with Gasteiger partial charge in [-0.05, 0) is 30.3 Å². The first-order chi connectivity index (χ1) is 17.3. The van der Waals surface area contributed by atoms with Gasteiger partial charge in [0, 0.05) is 23.9 Å². The Kier molecular flexibility index (Phi) is 6.69. The van der Waals surface area contributed by atoms with Gasteiger partial charge >= 0.3 is 0 Å². The number of ketones is 1. The number of hydrogen-bond acceptors (Lipinski definition) is 8. The van der Waals surface area contributed by atoms with Crippen molar-refractivity contribution >= 4 is 28.3 Å². The van der Waals surface area contributed by atoms with Crippen LogP contribution in [0.15, 0.2) is 54.9 Å². The monoisotopic (exact) mass is 490 g/mol. The molecule has 0 saturated carbocycles. The zero-order valence-corrected chi connectivity index (χ0v) is 18.8. The number of halogens is 2. The molecule has 36 heavy (non-hydrogen) atoms. The first-order valence-electron chi connectivity index (χ1n) is 10.2. The van der Waals surface area contributed by atoms with Gasteiger partial charge in [-0.15, -0.1) is 0 Å². The van der Waals surface area contributed by atoms with Crippen LogP contribution in [0, 0.1) is 23.0 Å². The van der Waals surface area contributed by atoms with Gasteiger partial charge in [0.2, 0.25) is 5.88 Å². The number of Topliss-reactive ketones (excluding diaryl/α,β-unsaturated/α-hetero) is 1. The number of ether oxygens (including phenoxy) is 3. The molecule has 180 valence electrons. The lowest BCUT2D eigenvalue weighted by Crippen LogP contribution is -2.25. The molecule has 0 aliphatic heterocycles. The van der Waals surface area contributed by atoms with E-state index in [-0.39, 0.29) is 17.3 Å². The summed E-state index contributed by atoms with van der Waals surface area (Å²) in [6.07, 6.45) is 1.20. The zero-order valence-electron chi connectivity index (χ0n) is 18.8. The summed E-state index contributed by atoms with van der Waals surface area (Å²) in [5.74, 6) is -4.85. The van der Waals surface area contributed by atoms with Crippen LogP contribution in [-0.4, -0.2) is 35.9 Å². The Morgan fingerprint density at radius 1 is 0.944 bits per heavy atom. The first kappa shape index (κ1) is 24.0. The van der Waals surface area contributed by atoms with Crippen molar-refractivity contribution in [1.29, 1.82) is 5.26 Å². The number of anilines is 1. The molecule has 0 bridgehead atoms. The molecule has 9 nitrogen and oxygen atoms in total. The minimum atomic E-state index is -1.43. The van der Waals surface area contributed by atoms with Gasteiger partial charge in [0.15, 0.2) is 11.5 Å². The zero-order chi connectivity index (χ0) is 25.8. The molecule has 1 aromatic heterocycles. The second-order valence-corrected chi connectivity index (χ2v) is 7.24. The standard InChI is InChI=1S/C25H16F2N4O5/c1-34-20-9-16-19(10-21(20)35-2)29-12-30-25(16)36-15-7-17(26)22(18(27)8-15)23(32)24(33)31-14-5-3-13(11-28)4-6-14/h3-10,12H,1-2H3,(H,31,33). The fourth-order valence-electron chi connectivity index (χ4n) is 3.31. The summed E-state index contributed by atoms with van der Waals surface area (Å²) in [4.78, 5) is 32.9. The fourth-order valence-corrected chi connectivity index (χ4v) is 3.31. The predicted octanol–water partition coefficient (Wildman–Crippen LogP) is 4.41. The van der Waals surface area contributed by atoms with Crippen LogP contribution in [0.1, 0.15) is 15.9 Å². The number of aromatic nitrogens is 2. The molecule has 0 aliphatic carbocycles. The number of carbonyl (C=O) groups is 2. The first-order valence-corrected chi connectivity index (χ1v) is 10.2. The van der Waals surface area contributed by atoms with E-state index < -0.39 is 28.9 Å². The molecule has 4 aromatic rings. The van der Waals surface area contributed by atoms with E-state index in [1.807, 2.05) is 6.07 Å². The van der Waals surface area contributed by atoms with E-state index in [9.17, 15) is 18.4 Å². The Labute approximate surface area is 202 Å². The van der Waals surface area contributed by atoms with E-state index >= 15 is 0 Å². The smallest absolute Gasteiger partial charge is 0.296 e. The van der Waals surface area contributed by atoms with Gasteiger partial charge in [0.1, 0.15) is 23.7 Å². The SMILES string of the molecule is COc1cc2ncnc(Oc3cc(F)c(C(=O)C(=O)Nc4ccc(C#N)cc4)c(F)c3)c2cc1OC. The molecule has 11 heteroatoms. The number of nitrogens with zero attached hydrogens (tertiary/aromatic N) is 3. The number of fused-ring (bicyclic) bond motifs is 1. The molecule has 0 fully saturated rings. The Morgan fingerprint density at radius 2 is 1.58 bits per heavy atom. The molecule has 0 unspecified atom stereocenters. The third-order valence-electron chi connectivity index (χ3n) is 5.04. The van der Waals surface area contributed by atoms with E-state index in [1.165, 1.54) is 44.8 Å². The summed E-state index contributed by atoms with van der Waals surface area (Å²) < 4.78 is 45.6. The highest BCUT2D eigenvalue weighted by molar-refractivity contribution is 6.46. The van der Waals surface area contributed by atoms with Gasteiger partial charge in [0.25, 0.3) is 11.7 Å². The summed E-state index contributed by atoms with van der Waals surface area (Å²) in [5, 5.41) is 11.4. The van der Waals surface area contributed by atoms with Gasteiger partial charge < -0.3 is 19.5 Å². The molecule has 1 heterocycles. The minimum absolute atomic E-state index is 0.0302. The maximum atomic E-state index is 14.8. The Bertz CT molecular complexity index is 1510. The molecule has 0 saturated heterocycles. The van der Waals surface area contributed by atoms with E-state index in [1.54, 1.807) is 12.1 Å². The van der Waals surface area contributed by atoms with Gasteiger partial charge in [0.05, 0.1) is 42.3 Å². The van der Waals surface area contributed by atoms with Crippen LogP contribution in [0.5, 0.6) is 23.1 Å². The van der Waals surface area contributed by atoms with Crippen molar-refractivity contribution in [2.45, 2.75) is 0 Å². The lowest BCUT2D eigenvalue weighted by molar-refractivity contribution is -0.112. The maximum absolute atomic E-state index is 14.8. The third kappa shape index (κ3) is 4.74. The molecule has 4 rings (SSSR count). The van der Waals surface area contributed by atoms with Crippen LogP contribution in [-0.2, 0) is 4.79 Å². The number of methoxy groups -OCH3 is 2. The fraction of sp³-hybridized carbons (Fsp3) is 0.0800. The Balaban J connectivity index is 1.60. The highest BCUT2D eigenvalue weighted by atomic mass is 19.1. The molecular formula is C25H16F2N4O5. The van der Waals surface area contributed by atoms with Crippen molar-refractivity contribution in [3.8, 4) is 29.2 Å². The third-order valence-corrected chi connectivity index (χ3v) is 5.04. The number of nitriles is 1. The number of nitrogens with one attached hydrogen (secondary N) is 1.